The fourth-order valence-corrected chi connectivity index (χ4v) is 2.93. The van der Waals surface area contributed by atoms with E-state index in [1.165, 1.54) is 23.5 Å². The third-order valence-electron chi connectivity index (χ3n) is 2.93. The number of nitro benzene ring substituents is 1. The predicted octanol–water partition coefficient (Wildman–Crippen LogP) is 3.88. The van der Waals surface area contributed by atoms with Crippen LogP contribution in [0.4, 0.5) is 5.69 Å². The quantitative estimate of drug-likeness (QED) is 0.541. The average Bonchev–Trinajstić information content (AvgIpc) is 2.91. The van der Waals surface area contributed by atoms with Gasteiger partial charge in [-0.05, 0) is 24.3 Å². The zero-order valence-electron chi connectivity index (χ0n) is 10.6. The minimum absolute atomic E-state index is 0.0763. The molecule has 0 unspecified atom stereocenters. The molecule has 0 aliphatic carbocycles. The molecule has 0 aliphatic heterocycles. The number of hydrogen-bond acceptors (Lipinski definition) is 5. The van der Waals surface area contributed by atoms with Gasteiger partial charge in [-0.1, -0.05) is 6.07 Å². The van der Waals surface area contributed by atoms with Crippen LogP contribution in [0, 0.1) is 10.1 Å². The van der Waals surface area contributed by atoms with Crippen molar-refractivity contribution in [2.45, 2.75) is 0 Å². The number of para-hydroxylation sites is 1. The normalized spacial score (nSPS) is 10.7. The Balaban J connectivity index is 2.08. The molecule has 0 aliphatic rings. The molecule has 1 aromatic heterocycles. The van der Waals surface area contributed by atoms with Gasteiger partial charge in [0.15, 0.2) is 0 Å². The predicted molar refractivity (Wildman–Crippen MR) is 78.3 cm³/mol. The van der Waals surface area contributed by atoms with Crippen LogP contribution >= 0.6 is 11.3 Å². The summed E-state index contributed by atoms with van der Waals surface area (Å²) in [5, 5.41) is 11.5. The summed E-state index contributed by atoms with van der Waals surface area (Å²) in [4.78, 5) is 14.8. The Bertz CT molecular complexity index is 781. The van der Waals surface area contributed by atoms with E-state index in [0.717, 1.165) is 26.5 Å². The van der Waals surface area contributed by atoms with E-state index >= 15 is 0 Å². The fraction of sp³-hybridized carbons (Fsp3) is 0.0714. The zero-order chi connectivity index (χ0) is 14.1. The summed E-state index contributed by atoms with van der Waals surface area (Å²) in [5.41, 5.74) is 1.75. The first-order chi connectivity index (χ1) is 9.69. The van der Waals surface area contributed by atoms with Crippen LogP contribution in [0.1, 0.15) is 0 Å². The van der Waals surface area contributed by atoms with Crippen LogP contribution in [0.15, 0.2) is 42.5 Å². The van der Waals surface area contributed by atoms with Crippen molar-refractivity contribution in [1.29, 1.82) is 0 Å². The van der Waals surface area contributed by atoms with Crippen LogP contribution in [-0.2, 0) is 0 Å². The SMILES string of the molecule is COc1cccc2sc(-c3ccc([N+](=O)[O-])cc3)nc12. The number of ether oxygens (including phenoxy) is 1. The highest BCUT2D eigenvalue weighted by Gasteiger charge is 2.11. The molecule has 0 spiro atoms. The molecule has 0 radical (unpaired) electrons. The Morgan fingerprint density at radius 1 is 1.20 bits per heavy atom. The number of nitro groups is 1. The van der Waals surface area contributed by atoms with Crippen molar-refractivity contribution in [3.63, 3.8) is 0 Å². The van der Waals surface area contributed by atoms with Crippen LogP contribution in [-0.4, -0.2) is 17.0 Å². The number of thiazole rings is 1. The van der Waals surface area contributed by atoms with Gasteiger partial charge in [-0.25, -0.2) is 4.98 Å². The number of benzene rings is 2. The first kappa shape index (κ1) is 12.6. The molecule has 2 aromatic carbocycles. The van der Waals surface area contributed by atoms with Crippen molar-refractivity contribution >= 4 is 27.2 Å². The minimum Gasteiger partial charge on any atom is -0.494 e. The number of hydrogen-bond donors (Lipinski definition) is 0. The number of rotatable bonds is 3. The van der Waals surface area contributed by atoms with Gasteiger partial charge >= 0.3 is 0 Å². The monoisotopic (exact) mass is 286 g/mol. The second-order valence-electron chi connectivity index (χ2n) is 4.13. The van der Waals surface area contributed by atoms with Gasteiger partial charge < -0.3 is 4.74 Å². The molecule has 0 amide bonds. The molecule has 3 rings (SSSR count). The van der Waals surface area contributed by atoms with Crippen LogP contribution in [0.2, 0.25) is 0 Å². The second kappa shape index (κ2) is 4.90. The van der Waals surface area contributed by atoms with Crippen LogP contribution in [0.5, 0.6) is 5.75 Å². The van der Waals surface area contributed by atoms with E-state index in [1.807, 2.05) is 18.2 Å². The third kappa shape index (κ3) is 2.10. The van der Waals surface area contributed by atoms with Gasteiger partial charge in [0.1, 0.15) is 16.3 Å². The molecule has 0 N–H and O–H groups in total. The third-order valence-corrected chi connectivity index (χ3v) is 4.00. The lowest BCUT2D eigenvalue weighted by Gasteiger charge is -1.98. The molecule has 0 saturated carbocycles. The Labute approximate surface area is 118 Å². The zero-order valence-corrected chi connectivity index (χ0v) is 11.4. The maximum Gasteiger partial charge on any atom is 0.269 e. The van der Waals surface area contributed by atoms with Crippen molar-refractivity contribution in [2.75, 3.05) is 7.11 Å². The largest absolute Gasteiger partial charge is 0.494 e. The topological polar surface area (TPSA) is 65.3 Å². The number of nitrogens with zero attached hydrogens (tertiary/aromatic N) is 2. The molecule has 0 fully saturated rings. The van der Waals surface area contributed by atoms with Crippen LogP contribution in [0.25, 0.3) is 20.8 Å². The van der Waals surface area contributed by atoms with Gasteiger partial charge in [0.05, 0.1) is 16.7 Å². The van der Waals surface area contributed by atoms with Gasteiger partial charge in [0.25, 0.3) is 5.69 Å². The Morgan fingerprint density at radius 2 is 1.95 bits per heavy atom. The molecule has 0 saturated heterocycles. The molecule has 0 atom stereocenters. The van der Waals surface area contributed by atoms with E-state index in [4.69, 9.17) is 4.74 Å². The van der Waals surface area contributed by atoms with Crippen molar-refractivity contribution in [3.8, 4) is 16.3 Å². The molecule has 1 heterocycles. The number of fused-ring (bicyclic) bond motifs is 1. The Morgan fingerprint density at radius 3 is 2.60 bits per heavy atom. The van der Waals surface area contributed by atoms with E-state index in [2.05, 4.69) is 4.98 Å². The summed E-state index contributed by atoms with van der Waals surface area (Å²) in [7, 11) is 1.61. The van der Waals surface area contributed by atoms with Crippen LogP contribution in [0.3, 0.4) is 0 Å². The lowest BCUT2D eigenvalue weighted by atomic mass is 10.2. The summed E-state index contributed by atoms with van der Waals surface area (Å²) >= 11 is 1.53. The van der Waals surface area contributed by atoms with Crippen molar-refractivity contribution in [1.82, 2.24) is 4.98 Å². The maximum atomic E-state index is 10.6. The lowest BCUT2D eigenvalue weighted by molar-refractivity contribution is -0.384. The molecule has 0 bridgehead atoms. The minimum atomic E-state index is -0.412. The summed E-state index contributed by atoms with van der Waals surface area (Å²) in [5.74, 6) is 0.729. The summed E-state index contributed by atoms with van der Waals surface area (Å²) in [6, 6.07) is 12.1. The Hall–Kier alpha value is -2.47. The molecular weight excluding hydrogens is 276 g/mol. The highest BCUT2D eigenvalue weighted by Crippen LogP contribution is 2.34. The van der Waals surface area contributed by atoms with E-state index in [1.54, 1.807) is 19.2 Å². The highest BCUT2D eigenvalue weighted by atomic mass is 32.1. The Kier molecular flexibility index (Phi) is 3.08. The van der Waals surface area contributed by atoms with Crippen molar-refractivity contribution < 1.29 is 9.66 Å². The van der Waals surface area contributed by atoms with Crippen molar-refractivity contribution in [3.05, 3.63) is 52.6 Å². The van der Waals surface area contributed by atoms with Gasteiger partial charge in [0.2, 0.25) is 0 Å². The maximum absolute atomic E-state index is 10.6. The summed E-state index contributed by atoms with van der Waals surface area (Å²) in [6.45, 7) is 0. The fourth-order valence-electron chi connectivity index (χ4n) is 1.94. The summed E-state index contributed by atoms with van der Waals surface area (Å²) in [6.07, 6.45) is 0. The summed E-state index contributed by atoms with van der Waals surface area (Å²) < 4.78 is 6.31. The van der Waals surface area contributed by atoms with Gasteiger partial charge in [-0.2, -0.15) is 0 Å². The average molecular weight is 286 g/mol. The first-order valence-electron chi connectivity index (χ1n) is 5.87. The second-order valence-corrected chi connectivity index (χ2v) is 5.16. The van der Waals surface area contributed by atoms with Crippen LogP contribution < -0.4 is 4.74 Å². The number of non-ortho nitro benzene ring substituents is 1. The first-order valence-corrected chi connectivity index (χ1v) is 6.69. The van der Waals surface area contributed by atoms with E-state index in [-0.39, 0.29) is 5.69 Å². The molecule has 100 valence electrons. The van der Waals surface area contributed by atoms with Gasteiger partial charge in [0, 0.05) is 17.7 Å². The van der Waals surface area contributed by atoms with E-state index in [9.17, 15) is 10.1 Å². The van der Waals surface area contributed by atoms with Crippen molar-refractivity contribution in [2.24, 2.45) is 0 Å². The van der Waals surface area contributed by atoms with E-state index in [0.29, 0.717) is 0 Å². The van der Waals surface area contributed by atoms with Gasteiger partial charge in [-0.3, -0.25) is 10.1 Å². The molecule has 5 nitrogen and oxygen atoms in total. The molecule has 3 aromatic rings. The molecule has 20 heavy (non-hydrogen) atoms. The lowest BCUT2D eigenvalue weighted by Crippen LogP contribution is -1.87. The number of aromatic nitrogens is 1. The standard InChI is InChI=1S/C14H10N2O3S/c1-19-11-3-2-4-12-13(11)15-14(20-12)9-5-7-10(8-6-9)16(17)18/h2-8H,1H3. The molecular formula is C14H10N2O3S. The number of methoxy groups -OCH3 is 1. The van der Waals surface area contributed by atoms with Gasteiger partial charge in [-0.15, -0.1) is 11.3 Å². The van der Waals surface area contributed by atoms with E-state index < -0.39 is 4.92 Å². The smallest absolute Gasteiger partial charge is 0.269 e. The molecule has 6 heteroatoms. The highest BCUT2D eigenvalue weighted by molar-refractivity contribution is 7.21.